The second-order valence-corrected chi connectivity index (χ2v) is 9.98. The summed E-state index contributed by atoms with van der Waals surface area (Å²) >= 11 is 0. The summed E-state index contributed by atoms with van der Waals surface area (Å²) < 4.78 is 11.7. The first kappa shape index (κ1) is 26.5. The minimum atomic E-state index is -0.753. The molecule has 3 aromatic rings. The van der Waals surface area contributed by atoms with Gasteiger partial charge in [0.1, 0.15) is 11.5 Å². The van der Waals surface area contributed by atoms with Crippen LogP contribution in [0.3, 0.4) is 0 Å². The number of carboxylic acid groups (broad SMARTS) is 1. The van der Waals surface area contributed by atoms with Gasteiger partial charge in [0.2, 0.25) is 0 Å². The molecule has 3 aromatic carbocycles. The van der Waals surface area contributed by atoms with Crippen LogP contribution in [0.5, 0.6) is 11.5 Å². The SMILES string of the molecule is CCCCCC[C@H](C)Oc1ccc(-c2ccc(C(=O)Oc3ccc4c(c3)CCC(C(=O)O)C4)cc2)cc1. The lowest BCUT2D eigenvalue weighted by Gasteiger charge is -2.21. The number of aryl methyl sites for hydroxylation is 1. The number of rotatable bonds is 11. The van der Waals surface area contributed by atoms with Crippen molar-refractivity contribution in [2.75, 3.05) is 0 Å². The number of carbonyl (C=O) groups excluding carboxylic acids is 1. The molecule has 0 aliphatic heterocycles. The smallest absolute Gasteiger partial charge is 0.343 e. The molecule has 1 unspecified atom stereocenters. The molecule has 5 nitrogen and oxygen atoms in total. The van der Waals surface area contributed by atoms with E-state index in [4.69, 9.17) is 9.47 Å². The summed E-state index contributed by atoms with van der Waals surface area (Å²) in [7, 11) is 0. The van der Waals surface area contributed by atoms with E-state index < -0.39 is 11.9 Å². The van der Waals surface area contributed by atoms with Crippen LogP contribution in [0.15, 0.2) is 66.7 Å². The summed E-state index contributed by atoms with van der Waals surface area (Å²) in [5, 5.41) is 9.26. The molecule has 0 radical (unpaired) electrons. The van der Waals surface area contributed by atoms with Gasteiger partial charge in [-0.2, -0.15) is 0 Å². The highest BCUT2D eigenvalue weighted by Crippen LogP contribution is 2.29. The zero-order valence-corrected chi connectivity index (χ0v) is 21.7. The molecule has 0 heterocycles. The maximum atomic E-state index is 12.7. The third kappa shape index (κ3) is 7.22. The van der Waals surface area contributed by atoms with Crippen molar-refractivity contribution in [3.05, 3.63) is 83.4 Å². The quantitative estimate of drug-likeness (QED) is 0.168. The van der Waals surface area contributed by atoms with Crippen molar-refractivity contribution in [3.63, 3.8) is 0 Å². The van der Waals surface area contributed by atoms with E-state index in [9.17, 15) is 14.7 Å². The van der Waals surface area contributed by atoms with Crippen LogP contribution in [0.1, 0.15) is 73.9 Å². The molecule has 1 aliphatic carbocycles. The van der Waals surface area contributed by atoms with E-state index >= 15 is 0 Å². The van der Waals surface area contributed by atoms with Crippen LogP contribution < -0.4 is 9.47 Å². The molecule has 2 atom stereocenters. The molecule has 0 fully saturated rings. The summed E-state index contributed by atoms with van der Waals surface area (Å²) in [6.07, 6.45) is 8.04. The number of aliphatic carboxylic acids is 1. The first-order valence-corrected chi connectivity index (χ1v) is 13.4. The molecule has 1 N–H and O–H groups in total. The van der Waals surface area contributed by atoms with E-state index in [1.807, 2.05) is 48.5 Å². The van der Waals surface area contributed by atoms with E-state index in [2.05, 4.69) is 13.8 Å². The van der Waals surface area contributed by atoms with Gasteiger partial charge in [-0.15, -0.1) is 0 Å². The van der Waals surface area contributed by atoms with E-state index in [1.54, 1.807) is 18.2 Å². The number of carboxylic acids is 1. The van der Waals surface area contributed by atoms with Crippen molar-refractivity contribution in [1.82, 2.24) is 0 Å². The monoisotopic (exact) mass is 500 g/mol. The topological polar surface area (TPSA) is 72.8 Å². The van der Waals surface area contributed by atoms with Gasteiger partial charge in [0, 0.05) is 0 Å². The summed E-state index contributed by atoms with van der Waals surface area (Å²) in [6, 6.07) is 20.9. The van der Waals surface area contributed by atoms with Gasteiger partial charge in [0.25, 0.3) is 0 Å². The molecule has 4 rings (SSSR count). The van der Waals surface area contributed by atoms with Crippen LogP contribution >= 0.6 is 0 Å². The Morgan fingerprint density at radius 3 is 2.24 bits per heavy atom. The molecule has 0 spiro atoms. The van der Waals surface area contributed by atoms with Gasteiger partial charge in [-0.05, 0) is 97.7 Å². The lowest BCUT2D eigenvalue weighted by Crippen LogP contribution is -2.22. The van der Waals surface area contributed by atoms with E-state index in [0.29, 0.717) is 30.6 Å². The number of benzene rings is 3. The number of fused-ring (bicyclic) bond motifs is 1. The molecule has 0 saturated heterocycles. The number of hydrogen-bond acceptors (Lipinski definition) is 4. The Hall–Kier alpha value is -3.60. The van der Waals surface area contributed by atoms with E-state index in [-0.39, 0.29) is 12.0 Å². The average molecular weight is 501 g/mol. The van der Waals surface area contributed by atoms with Crippen LogP contribution in [0, 0.1) is 5.92 Å². The van der Waals surface area contributed by atoms with Crippen LogP contribution in [0.25, 0.3) is 11.1 Å². The van der Waals surface area contributed by atoms with Crippen LogP contribution in [-0.2, 0) is 17.6 Å². The molecule has 194 valence electrons. The van der Waals surface area contributed by atoms with Gasteiger partial charge in [-0.25, -0.2) is 4.79 Å². The summed E-state index contributed by atoms with van der Waals surface area (Å²) in [4.78, 5) is 24.0. The van der Waals surface area contributed by atoms with Crippen LogP contribution in [-0.4, -0.2) is 23.1 Å². The van der Waals surface area contributed by atoms with Crippen molar-refractivity contribution in [2.45, 2.75) is 71.3 Å². The fraction of sp³-hybridized carbons (Fsp3) is 0.375. The van der Waals surface area contributed by atoms with E-state index in [0.717, 1.165) is 34.4 Å². The number of unbranched alkanes of at least 4 members (excludes halogenated alkanes) is 3. The van der Waals surface area contributed by atoms with Crippen LogP contribution in [0.4, 0.5) is 0 Å². The first-order valence-electron chi connectivity index (χ1n) is 13.4. The average Bonchev–Trinajstić information content (AvgIpc) is 2.91. The fourth-order valence-corrected chi connectivity index (χ4v) is 4.85. The van der Waals surface area contributed by atoms with Crippen molar-refractivity contribution in [3.8, 4) is 22.6 Å². The van der Waals surface area contributed by atoms with E-state index in [1.165, 1.54) is 25.7 Å². The summed E-state index contributed by atoms with van der Waals surface area (Å²) in [5.74, 6) is -0.154. The predicted molar refractivity (Wildman–Crippen MR) is 145 cm³/mol. The van der Waals surface area contributed by atoms with Crippen molar-refractivity contribution >= 4 is 11.9 Å². The molecule has 0 amide bonds. The van der Waals surface area contributed by atoms with Crippen molar-refractivity contribution in [2.24, 2.45) is 5.92 Å². The molecule has 0 saturated carbocycles. The van der Waals surface area contributed by atoms with Gasteiger partial charge in [-0.1, -0.05) is 56.5 Å². The Morgan fingerprint density at radius 2 is 1.57 bits per heavy atom. The number of ether oxygens (including phenoxy) is 2. The zero-order valence-electron chi connectivity index (χ0n) is 21.7. The Bertz CT molecular complexity index is 1200. The van der Waals surface area contributed by atoms with Crippen molar-refractivity contribution in [1.29, 1.82) is 0 Å². The lowest BCUT2D eigenvalue weighted by atomic mass is 9.84. The fourth-order valence-electron chi connectivity index (χ4n) is 4.85. The lowest BCUT2D eigenvalue weighted by molar-refractivity contribution is -0.142. The standard InChI is InChI=1S/C32H36O5/c1-3-4-5-6-7-22(2)36-29-17-14-24(15-18-29)23-8-10-25(11-9-23)32(35)37-30-19-16-26-20-28(31(33)34)13-12-27(26)21-30/h8-11,14-19,21-22,28H,3-7,12-13,20H2,1-2H3,(H,33,34)/t22-,28?/m0/s1. The number of esters is 1. The maximum Gasteiger partial charge on any atom is 0.343 e. The second-order valence-electron chi connectivity index (χ2n) is 9.98. The number of carbonyl (C=O) groups is 2. The van der Waals surface area contributed by atoms with Gasteiger partial charge in [0.15, 0.2) is 0 Å². The Kier molecular flexibility index (Phi) is 8.99. The predicted octanol–water partition coefficient (Wildman–Crippen LogP) is 7.50. The maximum absolute atomic E-state index is 12.7. The highest BCUT2D eigenvalue weighted by molar-refractivity contribution is 5.91. The van der Waals surface area contributed by atoms with Crippen molar-refractivity contribution < 1.29 is 24.2 Å². The molecule has 5 heteroatoms. The third-order valence-corrected chi connectivity index (χ3v) is 7.08. The Morgan fingerprint density at radius 1 is 0.892 bits per heavy atom. The highest BCUT2D eigenvalue weighted by Gasteiger charge is 2.24. The molecular weight excluding hydrogens is 464 g/mol. The Labute approximate surface area is 219 Å². The third-order valence-electron chi connectivity index (χ3n) is 7.08. The second kappa shape index (κ2) is 12.6. The highest BCUT2D eigenvalue weighted by atomic mass is 16.5. The minimum Gasteiger partial charge on any atom is -0.491 e. The minimum absolute atomic E-state index is 0.199. The van der Waals surface area contributed by atoms with Gasteiger partial charge < -0.3 is 14.6 Å². The first-order chi connectivity index (χ1) is 17.9. The van der Waals surface area contributed by atoms with Crippen LogP contribution in [0.2, 0.25) is 0 Å². The van der Waals surface area contributed by atoms with Gasteiger partial charge in [0.05, 0.1) is 17.6 Å². The summed E-state index contributed by atoms with van der Waals surface area (Å²) in [6.45, 7) is 4.34. The van der Waals surface area contributed by atoms with Gasteiger partial charge >= 0.3 is 11.9 Å². The molecule has 0 bridgehead atoms. The normalized spacial score (nSPS) is 15.5. The largest absolute Gasteiger partial charge is 0.491 e. The zero-order chi connectivity index (χ0) is 26.2. The molecule has 0 aromatic heterocycles. The molecular formula is C32H36O5. The number of hydrogen-bond donors (Lipinski definition) is 1. The molecule has 37 heavy (non-hydrogen) atoms. The summed E-state index contributed by atoms with van der Waals surface area (Å²) in [5.41, 5.74) is 4.61. The molecule has 1 aliphatic rings. The Balaban J connectivity index is 1.32. The van der Waals surface area contributed by atoms with Gasteiger partial charge in [-0.3, -0.25) is 4.79 Å².